The van der Waals surface area contributed by atoms with Crippen LogP contribution in [0, 0.1) is 5.82 Å². The zero-order chi connectivity index (χ0) is 20.6. The molecule has 29 heavy (non-hydrogen) atoms. The first-order chi connectivity index (χ1) is 13.9. The van der Waals surface area contributed by atoms with Gasteiger partial charge in [-0.15, -0.1) is 0 Å². The smallest absolute Gasteiger partial charge is 0.236 e. The largest absolute Gasteiger partial charge is 0.419 e. The standard InChI is InChI=1S/C21H21FN2O4S/c1-14-12-24(13-15(2)27-14)21-20(29(25,26)16-8-4-3-5-9-16)23-19(28-21)17-10-6-7-11-18(17)22/h3-11,14-15H,12-13H2,1-2H3/t14-,15+. The highest BCUT2D eigenvalue weighted by atomic mass is 32.2. The molecule has 152 valence electrons. The molecule has 3 aromatic rings. The van der Waals surface area contributed by atoms with Crippen molar-refractivity contribution in [2.45, 2.75) is 36.0 Å². The second-order valence-corrected chi connectivity index (χ2v) is 8.95. The number of rotatable bonds is 4. The van der Waals surface area contributed by atoms with Crippen LogP contribution in [0.3, 0.4) is 0 Å². The van der Waals surface area contributed by atoms with E-state index in [-0.39, 0.29) is 39.5 Å². The molecule has 0 aliphatic carbocycles. The maximum atomic E-state index is 14.3. The minimum atomic E-state index is -3.96. The molecule has 0 radical (unpaired) electrons. The lowest BCUT2D eigenvalue weighted by Gasteiger charge is -2.35. The minimum absolute atomic E-state index is 0.0700. The number of hydrogen-bond acceptors (Lipinski definition) is 6. The number of nitrogens with zero attached hydrogens (tertiary/aromatic N) is 2. The molecule has 0 spiro atoms. The van der Waals surface area contributed by atoms with Crippen molar-refractivity contribution in [3.8, 4) is 11.5 Å². The van der Waals surface area contributed by atoms with Gasteiger partial charge in [0.15, 0.2) is 0 Å². The fourth-order valence-corrected chi connectivity index (χ4v) is 4.82. The lowest BCUT2D eigenvalue weighted by Crippen LogP contribution is -2.45. The number of ether oxygens (including phenoxy) is 1. The summed E-state index contributed by atoms with van der Waals surface area (Å²) in [4.78, 5) is 6.14. The summed E-state index contributed by atoms with van der Waals surface area (Å²) in [6.07, 6.45) is -0.235. The molecule has 8 heteroatoms. The van der Waals surface area contributed by atoms with Crippen LogP contribution in [0.15, 0.2) is 68.9 Å². The molecule has 1 aliphatic heterocycles. The molecule has 0 saturated carbocycles. The average Bonchev–Trinajstić information content (AvgIpc) is 3.14. The number of halogens is 1. The van der Waals surface area contributed by atoms with E-state index in [4.69, 9.17) is 9.15 Å². The molecular formula is C21H21FN2O4S. The first-order valence-electron chi connectivity index (χ1n) is 9.32. The van der Waals surface area contributed by atoms with Gasteiger partial charge in [-0.1, -0.05) is 30.3 Å². The minimum Gasteiger partial charge on any atom is -0.419 e. The van der Waals surface area contributed by atoms with Gasteiger partial charge in [-0.2, -0.15) is 4.98 Å². The van der Waals surface area contributed by atoms with Crippen molar-refractivity contribution in [3.05, 3.63) is 60.4 Å². The second kappa shape index (κ2) is 7.61. The van der Waals surface area contributed by atoms with Crippen LogP contribution in [0.5, 0.6) is 0 Å². The van der Waals surface area contributed by atoms with Crippen molar-refractivity contribution in [2.75, 3.05) is 18.0 Å². The molecule has 2 heterocycles. The molecule has 2 aromatic carbocycles. The number of oxazole rings is 1. The van der Waals surface area contributed by atoms with E-state index in [1.165, 1.54) is 24.3 Å². The van der Waals surface area contributed by atoms with Gasteiger partial charge in [-0.25, -0.2) is 12.8 Å². The van der Waals surface area contributed by atoms with Crippen LogP contribution < -0.4 is 4.90 Å². The van der Waals surface area contributed by atoms with E-state index in [2.05, 4.69) is 4.98 Å². The highest BCUT2D eigenvalue weighted by Gasteiger charge is 2.34. The first kappa shape index (κ1) is 19.6. The molecule has 0 bridgehead atoms. The zero-order valence-electron chi connectivity index (χ0n) is 16.1. The van der Waals surface area contributed by atoms with Crippen molar-refractivity contribution in [2.24, 2.45) is 0 Å². The Morgan fingerprint density at radius 3 is 2.28 bits per heavy atom. The van der Waals surface area contributed by atoms with Crippen molar-refractivity contribution >= 4 is 15.7 Å². The van der Waals surface area contributed by atoms with E-state index < -0.39 is 15.7 Å². The number of anilines is 1. The lowest BCUT2D eigenvalue weighted by atomic mass is 10.2. The molecule has 6 nitrogen and oxygen atoms in total. The predicted molar refractivity (Wildman–Crippen MR) is 106 cm³/mol. The first-order valence-corrected chi connectivity index (χ1v) is 10.8. The van der Waals surface area contributed by atoms with E-state index in [9.17, 15) is 12.8 Å². The third-order valence-corrected chi connectivity index (χ3v) is 6.37. The van der Waals surface area contributed by atoms with Crippen molar-refractivity contribution < 1.29 is 22.0 Å². The quantitative estimate of drug-likeness (QED) is 0.642. The number of benzene rings is 2. The molecule has 4 rings (SSSR count). The van der Waals surface area contributed by atoms with E-state index in [0.717, 1.165) is 0 Å². The highest BCUT2D eigenvalue weighted by Crippen LogP contribution is 2.36. The van der Waals surface area contributed by atoms with Crippen molar-refractivity contribution in [1.29, 1.82) is 0 Å². The Bertz CT molecular complexity index is 1100. The Morgan fingerprint density at radius 1 is 1.00 bits per heavy atom. The van der Waals surface area contributed by atoms with Gasteiger partial charge >= 0.3 is 0 Å². The van der Waals surface area contributed by atoms with Crippen LogP contribution in [0.4, 0.5) is 10.3 Å². The van der Waals surface area contributed by atoms with Gasteiger partial charge in [0.05, 0.1) is 22.7 Å². The summed E-state index contributed by atoms with van der Waals surface area (Å²) in [7, 11) is -3.96. The average molecular weight is 416 g/mol. The fourth-order valence-electron chi connectivity index (χ4n) is 3.48. The Morgan fingerprint density at radius 2 is 1.62 bits per heavy atom. The lowest BCUT2D eigenvalue weighted by molar-refractivity contribution is -0.00657. The summed E-state index contributed by atoms with van der Waals surface area (Å²) in [5, 5.41) is -0.219. The second-order valence-electron chi connectivity index (χ2n) is 7.09. The Hall–Kier alpha value is -2.71. The van der Waals surface area contributed by atoms with Crippen LogP contribution in [-0.2, 0) is 14.6 Å². The Kier molecular flexibility index (Phi) is 5.14. The molecule has 1 saturated heterocycles. The Balaban J connectivity index is 1.88. The molecular weight excluding hydrogens is 395 g/mol. The third kappa shape index (κ3) is 3.77. The molecule has 1 fully saturated rings. The SMILES string of the molecule is C[C@@H]1CN(c2oc(-c3ccccc3F)nc2S(=O)(=O)c2ccccc2)C[C@H](C)O1. The van der Waals surface area contributed by atoms with Gasteiger partial charge in [0.2, 0.25) is 26.6 Å². The third-order valence-electron chi connectivity index (χ3n) is 4.70. The van der Waals surface area contributed by atoms with Crippen LogP contribution in [0.1, 0.15) is 13.8 Å². The number of sulfone groups is 1. The summed E-state index contributed by atoms with van der Waals surface area (Å²) in [5.41, 5.74) is 0.109. The number of aromatic nitrogens is 1. The topological polar surface area (TPSA) is 72.6 Å². The monoisotopic (exact) mass is 416 g/mol. The van der Waals surface area contributed by atoms with Gasteiger partial charge in [-0.3, -0.25) is 0 Å². The molecule has 0 amide bonds. The zero-order valence-corrected chi connectivity index (χ0v) is 16.9. The predicted octanol–water partition coefficient (Wildman–Crippen LogP) is 3.93. The molecule has 1 aromatic heterocycles. The molecule has 2 atom stereocenters. The van der Waals surface area contributed by atoms with Gasteiger partial charge in [-0.05, 0) is 38.1 Å². The summed E-state index contributed by atoms with van der Waals surface area (Å²) >= 11 is 0. The van der Waals surface area contributed by atoms with E-state index in [0.29, 0.717) is 13.1 Å². The van der Waals surface area contributed by atoms with Crippen LogP contribution in [-0.4, -0.2) is 38.7 Å². The normalized spacial score (nSPS) is 20.0. The summed E-state index contributed by atoms with van der Waals surface area (Å²) < 4.78 is 52.6. The number of hydrogen-bond donors (Lipinski definition) is 0. The van der Waals surface area contributed by atoms with Gasteiger partial charge in [0.25, 0.3) is 0 Å². The molecule has 1 aliphatic rings. The van der Waals surface area contributed by atoms with Crippen molar-refractivity contribution in [1.82, 2.24) is 4.98 Å². The van der Waals surface area contributed by atoms with E-state index >= 15 is 0 Å². The maximum absolute atomic E-state index is 14.3. The Labute approximate surface area is 168 Å². The van der Waals surface area contributed by atoms with Crippen LogP contribution in [0.2, 0.25) is 0 Å². The maximum Gasteiger partial charge on any atom is 0.236 e. The fraction of sp³-hybridized carbons (Fsp3) is 0.286. The molecule has 0 unspecified atom stereocenters. The van der Waals surface area contributed by atoms with E-state index in [1.807, 2.05) is 13.8 Å². The highest BCUT2D eigenvalue weighted by molar-refractivity contribution is 7.91. The van der Waals surface area contributed by atoms with Crippen LogP contribution in [0.25, 0.3) is 11.5 Å². The van der Waals surface area contributed by atoms with Gasteiger partial charge in [0.1, 0.15) is 5.82 Å². The number of morpholine rings is 1. The summed E-state index contributed by atoms with van der Waals surface area (Å²) in [5.74, 6) is -0.499. The summed E-state index contributed by atoms with van der Waals surface area (Å²) in [6.45, 7) is 4.69. The van der Waals surface area contributed by atoms with E-state index in [1.54, 1.807) is 35.2 Å². The van der Waals surface area contributed by atoms with Crippen LogP contribution >= 0.6 is 0 Å². The molecule has 0 N–H and O–H groups in total. The summed E-state index contributed by atoms with van der Waals surface area (Å²) in [6, 6.07) is 14.0. The van der Waals surface area contributed by atoms with Crippen molar-refractivity contribution in [3.63, 3.8) is 0 Å². The van der Waals surface area contributed by atoms with Gasteiger partial charge < -0.3 is 14.1 Å². The van der Waals surface area contributed by atoms with Gasteiger partial charge in [0, 0.05) is 13.1 Å².